The van der Waals surface area contributed by atoms with E-state index < -0.39 is 5.24 Å². The van der Waals surface area contributed by atoms with Crippen LogP contribution in [0.25, 0.3) is 10.8 Å². The van der Waals surface area contributed by atoms with Crippen molar-refractivity contribution < 1.29 is 9.53 Å². The molecule has 0 aromatic heterocycles. The van der Waals surface area contributed by atoms with Crippen molar-refractivity contribution in [3.05, 3.63) is 40.4 Å². The molecule has 0 aliphatic carbocycles. The van der Waals surface area contributed by atoms with Gasteiger partial charge in [-0.2, -0.15) is 0 Å². The van der Waals surface area contributed by atoms with Crippen LogP contribution in [0.5, 0.6) is 5.75 Å². The van der Waals surface area contributed by atoms with Crippen molar-refractivity contribution in [2.75, 3.05) is 7.11 Å². The van der Waals surface area contributed by atoms with Gasteiger partial charge in [-0.1, -0.05) is 28.1 Å². The van der Waals surface area contributed by atoms with Gasteiger partial charge in [0.05, 0.1) is 12.7 Å². The summed E-state index contributed by atoms with van der Waals surface area (Å²) in [5.41, 5.74) is 0.406. The topological polar surface area (TPSA) is 26.3 Å². The molecule has 0 fully saturated rings. The van der Waals surface area contributed by atoms with E-state index in [-0.39, 0.29) is 0 Å². The number of rotatable bonds is 2. The smallest absolute Gasteiger partial charge is 0.256 e. The van der Waals surface area contributed by atoms with E-state index >= 15 is 0 Å². The monoisotopic (exact) mass is 298 g/mol. The van der Waals surface area contributed by atoms with E-state index in [2.05, 4.69) is 15.9 Å². The fourth-order valence-electron chi connectivity index (χ4n) is 1.67. The summed E-state index contributed by atoms with van der Waals surface area (Å²) < 4.78 is 6.06. The van der Waals surface area contributed by atoms with Crippen molar-refractivity contribution in [1.82, 2.24) is 0 Å². The molecule has 0 bridgehead atoms. The Hall–Kier alpha value is -1.06. The second kappa shape index (κ2) is 4.44. The summed E-state index contributed by atoms with van der Waals surface area (Å²) in [6.07, 6.45) is 0. The highest BCUT2D eigenvalue weighted by Crippen LogP contribution is 2.33. The lowest BCUT2D eigenvalue weighted by Gasteiger charge is -2.09. The van der Waals surface area contributed by atoms with E-state index in [1.165, 1.54) is 7.11 Å². The molecule has 0 aliphatic rings. The van der Waals surface area contributed by atoms with E-state index in [1.54, 1.807) is 6.07 Å². The van der Waals surface area contributed by atoms with E-state index in [9.17, 15) is 4.79 Å². The Kier molecular flexibility index (Phi) is 3.17. The summed E-state index contributed by atoms with van der Waals surface area (Å²) in [5, 5.41) is 1.21. The standard InChI is InChI=1S/C12H8BrClO2/c1-16-10-6-5-7-8(11(10)12(14)15)3-2-4-9(7)13/h2-6H,1H3. The zero-order valence-electron chi connectivity index (χ0n) is 8.46. The van der Waals surface area contributed by atoms with E-state index in [1.807, 2.05) is 24.3 Å². The number of methoxy groups -OCH3 is 1. The Morgan fingerprint density at radius 1 is 1.25 bits per heavy atom. The Balaban J connectivity index is 2.90. The summed E-state index contributed by atoms with van der Waals surface area (Å²) in [7, 11) is 1.52. The molecule has 0 amide bonds. The summed E-state index contributed by atoms with van der Waals surface area (Å²) >= 11 is 9.02. The number of benzene rings is 2. The quantitative estimate of drug-likeness (QED) is 0.784. The van der Waals surface area contributed by atoms with E-state index in [0.717, 1.165) is 15.2 Å². The minimum absolute atomic E-state index is 0.406. The van der Waals surface area contributed by atoms with Gasteiger partial charge in [-0.3, -0.25) is 4.79 Å². The van der Waals surface area contributed by atoms with Gasteiger partial charge in [0, 0.05) is 4.47 Å². The second-order valence-electron chi connectivity index (χ2n) is 3.25. The fraction of sp³-hybridized carbons (Fsp3) is 0.0833. The van der Waals surface area contributed by atoms with Crippen molar-refractivity contribution in [1.29, 1.82) is 0 Å². The van der Waals surface area contributed by atoms with Crippen LogP contribution in [0.4, 0.5) is 0 Å². The van der Waals surface area contributed by atoms with Crippen molar-refractivity contribution in [3.63, 3.8) is 0 Å². The molecule has 2 nitrogen and oxygen atoms in total. The van der Waals surface area contributed by atoms with Crippen LogP contribution in [0.15, 0.2) is 34.8 Å². The van der Waals surface area contributed by atoms with Crippen LogP contribution in [0, 0.1) is 0 Å². The third-order valence-corrected chi connectivity index (χ3v) is 3.27. The molecule has 0 saturated heterocycles. The average Bonchev–Trinajstić information content (AvgIpc) is 2.27. The summed E-state index contributed by atoms with van der Waals surface area (Å²) in [4.78, 5) is 11.4. The predicted octanol–water partition coefficient (Wildman–Crippen LogP) is 3.99. The largest absolute Gasteiger partial charge is 0.496 e. The summed E-state index contributed by atoms with van der Waals surface area (Å²) in [6.45, 7) is 0. The summed E-state index contributed by atoms with van der Waals surface area (Å²) in [5.74, 6) is 0.491. The van der Waals surface area contributed by atoms with Gasteiger partial charge in [0.25, 0.3) is 5.24 Å². The first-order valence-corrected chi connectivity index (χ1v) is 5.77. The third-order valence-electron chi connectivity index (χ3n) is 2.39. The molecular weight excluding hydrogens is 291 g/mol. The number of hydrogen-bond acceptors (Lipinski definition) is 2. The number of carbonyl (C=O) groups excluding carboxylic acids is 1. The molecule has 2 aromatic carbocycles. The zero-order chi connectivity index (χ0) is 11.7. The minimum Gasteiger partial charge on any atom is -0.496 e. The van der Waals surface area contributed by atoms with Crippen LogP contribution in [-0.4, -0.2) is 12.4 Å². The molecule has 0 spiro atoms. The molecule has 0 radical (unpaired) electrons. The Morgan fingerprint density at radius 3 is 2.62 bits per heavy atom. The average molecular weight is 300 g/mol. The van der Waals surface area contributed by atoms with Gasteiger partial charge in [-0.05, 0) is 40.6 Å². The number of ether oxygens (including phenoxy) is 1. The van der Waals surface area contributed by atoms with Gasteiger partial charge < -0.3 is 4.74 Å². The van der Waals surface area contributed by atoms with Crippen molar-refractivity contribution in [2.24, 2.45) is 0 Å². The molecule has 0 atom stereocenters. The van der Waals surface area contributed by atoms with Crippen LogP contribution in [0.1, 0.15) is 10.4 Å². The Morgan fingerprint density at radius 2 is 2.00 bits per heavy atom. The number of hydrogen-bond donors (Lipinski definition) is 0. The van der Waals surface area contributed by atoms with Crippen LogP contribution < -0.4 is 4.74 Å². The molecule has 0 saturated carbocycles. The predicted molar refractivity (Wildman–Crippen MR) is 68.4 cm³/mol. The second-order valence-corrected chi connectivity index (χ2v) is 4.45. The van der Waals surface area contributed by atoms with Gasteiger partial charge in [0.15, 0.2) is 0 Å². The molecule has 0 N–H and O–H groups in total. The Bertz CT molecular complexity index is 566. The normalized spacial score (nSPS) is 10.4. The molecule has 2 rings (SSSR count). The van der Waals surface area contributed by atoms with E-state index in [4.69, 9.17) is 16.3 Å². The maximum absolute atomic E-state index is 11.4. The van der Waals surface area contributed by atoms with Gasteiger partial charge in [-0.25, -0.2) is 0 Å². The number of carbonyl (C=O) groups is 1. The highest BCUT2D eigenvalue weighted by molar-refractivity contribution is 9.10. The van der Waals surface area contributed by atoms with Gasteiger partial charge in [0.2, 0.25) is 0 Å². The maximum Gasteiger partial charge on any atom is 0.256 e. The molecule has 16 heavy (non-hydrogen) atoms. The van der Waals surface area contributed by atoms with Crippen LogP contribution in [-0.2, 0) is 0 Å². The maximum atomic E-state index is 11.4. The number of fused-ring (bicyclic) bond motifs is 1. The minimum atomic E-state index is -0.513. The molecule has 4 heteroatoms. The number of halogens is 2. The zero-order valence-corrected chi connectivity index (χ0v) is 10.8. The van der Waals surface area contributed by atoms with E-state index in [0.29, 0.717) is 11.3 Å². The molecule has 82 valence electrons. The highest BCUT2D eigenvalue weighted by atomic mass is 79.9. The van der Waals surface area contributed by atoms with Crippen molar-refractivity contribution in [2.45, 2.75) is 0 Å². The lowest BCUT2D eigenvalue weighted by molar-refractivity contribution is 0.108. The summed E-state index contributed by atoms with van der Waals surface area (Å²) in [6, 6.07) is 9.25. The first kappa shape index (κ1) is 11.4. The van der Waals surface area contributed by atoms with Crippen LogP contribution in [0.3, 0.4) is 0 Å². The van der Waals surface area contributed by atoms with Gasteiger partial charge >= 0.3 is 0 Å². The third kappa shape index (κ3) is 1.81. The Labute approximate surface area is 106 Å². The molecule has 2 aromatic rings. The first-order chi connectivity index (χ1) is 7.65. The van der Waals surface area contributed by atoms with Crippen molar-refractivity contribution in [3.8, 4) is 5.75 Å². The first-order valence-electron chi connectivity index (χ1n) is 4.60. The molecule has 0 heterocycles. The van der Waals surface area contributed by atoms with Crippen molar-refractivity contribution >= 4 is 43.5 Å². The van der Waals surface area contributed by atoms with Gasteiger partial charge in [0.1, 0.15) is 5.75 Å². The molecule has 0 aliphatic heterocycles. The van der Waals surface area contributed by atoms with Gasteiger partial charge in [-0.15, -0.1) is 0 Å². The SMILES string of the molecule is COc1ccc2c(Br)cccc2c1C(=O)Cl. The lowest BCUT2D eigenvalue weighted by Crippen LogP contribution is -1.97. The van der Waals surface area contributed by atoms with Crippen LogP contribution >= 0.6 is 27.5 Å². The molecule has 0 unspecified atom stereocenters. The lowest BCUT2D eigenvalue weighted by atomic mass is 10.0. The fourth-order valence-corrected chi connectivity index (χ4v) is 2.37. The van der Waals surface area contributed by atoms with Crippen LogP contribution in [0.2, 0.25) is 0 Å². The highest BCUT2D eigenvalue weighted by Gasteiger charge is 2.14. The molecular formula is C12H8BrClO2.